The monoisotopic (exact) mass is 290 g/mol. The highest BCUT2D eigenvalue weighted by atomic mass is 16.5. The van der Waals surface area contributed by atoms with E-state index in [0.717, 1.165) is 0 Å². The number of methoxy groups -OCH3 is 1. The molecule has 2 rings (SSSR count). The Bertz CT molecular complexity index is 568. The molecule has 0 radical (unpaired) electrons. The van der Waals surface area contributed by atoms with Crippen LogP contribution in [0.1, 0.15) is 24.9 Å². The lowest BCUT2D eigenvalue weighted by Crippen LogP contribution is -2.32. The molecule has 0 saturated carbocycles. The number of ketones is 1. The van der Waals surface area contributed by atoms with E-state index in [2.05, 4.69) is 4.98 Å². The van der Waals surface area contributed by atoms with Crippen molar-refractivity contribution in [3.05, 3.63) is 41.4 Å². The number of Topliss-reactive ketones (excluding diaryl/α,β-unsaturated/α-hetero) is 1. The number of ether oxygens (including phenoxy) is 1. The van der Waals surface area contributed by atoms with Crippen molar-refractivity contribution in [3.63, 3.8) is 0 Å². The number of rotatable bonds is 6. The molecule has 0 aliphatic carbocycles. The van der Waals surface area contributed by atoms with E-state index in [1.807, 2.05) is 0 Å². The van der Waals surface area contributed by atoms with E-state index >= 15 is 0 Å². The number of carbonyl (C=O) groups excluding carboxylic acids is 2. The Morgan fingerprint density at radius 2 is 2.29 bits per heavy atom. The van der Waals surface area contributed by atoms with Gasteiger partial charge in [0.15, 0.2) is 11.5 Å². The van der Waals surface area contributed by atoms with Gasteiger partial charge in [-0.05, 0) is 25.0 Å². The van der Waals surface area contributed by atoms with Crippen LogP contribution in [0.4, 0.5) is 0 Å². The van der Waals surface area contributed by atoms with E-state index in [4.69, 9.17) is 4.74 Å². The van der Waals surface area contributed by atoms with Crippen molar-refractivity contribution >= 4 is 11.7 Å². The fraction of sp³-hybridized carbons (Fsp3) is 0.400. The largest absolute Gasteiger partial charge is 0.503 e. The number of hydrogen-bond donors (Lipinski definition) is 1. The summed E-state index contributed by atoms with van der Waals surface area (Å²) in [5, 5.41) is 10.0. The minimum Gasteiger partial charge on any atom is -0.503 e. The van der Waals surface area contributed by atoms with E-state index in [-0.39, 0.29) is 11.4 Å². The van der Waals surface area contributed by atoms with Crippen molar-refractivity contribution in [2.45, 2.75) is 19.4 Å². The van der Waals surface area contributed by atoms with Crippen molar-refractivity contribution in [2.24, 2.45) is 0 Å². The molecule has 1 N–H and O–H groups in total. The lowest BCUT2D eigenvalue weighted by atomic mass is 9.98. The molecule has 0 spiro atoms. The maximum Gasteiger partial charge on any atom is 0.290 e. The van der Waals surface area contributed by atoms with Gasteiger partial charge in [-0.15, -0.1) is 0 Å². The van der Waals surface area contributed by atoms with Gasteiger partial charge in [0.05, 0.1) is 11.6 Å². The Kier molecular flexibility index (Phi) is 4.70. The third-order valence-electron chi connectivity index (χ3n) is 3.43. The molecule has 0 fully saturated rings. The van der Waals surface area contributed by atoms with Gasteiger partial charge in [0.2, 0.25) is 0 Å². The number of pyridine rings is 1. The quantitative estimate of drug-likeness (QED) is 0.801. The van der Waals surface area contributed by atoms with Crippen LogP contribution in [-0.4, -0.2) is 46.9 Å². The van der Waals surface area contributed by atoms with E-state index in [1.54, 1.807) is 31.6 Å². The zero-order chi connectivity index (χ0) is 15.4. The average Bonchev–Trinajstić information content (AvgIpc) is 2.73. The van der Waals surface area contributed by atoms with Crippen molar-refractivity contribution in [1.29, 1.82) is 0 Å². The highest BCUT2D eigenvalue weighted by Crippen LogP contribution is 2.37. The molecule has 1 aliphatic rings. The topological polar surface area (TPSA) is 79.7 Å². The molecule has 112 valence electrons. The lowest BCUT2D eigenvalue weighted by molar-refractivity contribution is -0.129. The van der Waals surface area contributed by atoms with Gasteiger partial charge in [0, 0.05) is 32.7 Å². The van der Waals surface area contributed by atoms with Crippen molar-refractivity contribution < 1.29 is 19.4 Å². The minimum atomic E-state index is -0.583. The third-order valence-corrected chi connectivity index (χ3v) is 3.43. The molecule has 2 heterocycles. The van der Waals surface area contributed by atoms with E-state index < -0.39 is 17.7 Å². The number of amides is 1. The standard InChI is InChI=1S/C15H18N2O4/c1-10(18)12-13(11-5-3-6-16-9-11)17(7-4-8-21-2)15(20)14(12)19/h3,5-6,9,13,19H,4,7-8H2,1-2H3/t13-/m0/s1. The van der Waals surface area contributed by atoms with Crippen LogP contribution in [0, 0.1) is 0 Å². The molecular formula is C15H18N2O4. The summed E-state index contributed by atoms with van der Waals surface area (Å²) in [5.41, 5.74) is 0.836. The SMILES string of the molecule is COCCCN1C(=O)C(O)=C(C(C)=O)[C@@H]1c1cccnc1. The fourth-order valence-electron chi connectivity index (χ4n) is 2.51. The molecule has 1 amide bonds. The predicted octanol–water partition coefficient (Wildman–Crippen LogP) is 1.40. The Morgan fingerprint density at radius 1 is 1.52 bits per heavy atom. The first kappa shape index (κ1) is 15.2. The predicted molar refractivity (Wildman–Crippen MR) is 75.5 cm³/mol. The molecule has 21 heavy (non-hydrogen) atoms. The summed E-state index contributed by atoms with van der Waals surface area (Å²) in [6.07, 6.45) is 3.84. The molecule has 0 saturated heterocycles. The highest BCUT2D eigenvalue weighted by Gasteiger charge is 2.41. The fourth-order valence-corrected chi connectivity index (χ4v) is 2.51. The summed E-state index contributed by atoms with van der Waals surface area (Å²) in [6, 6.07) is 2.94. The molecule has 0 aromatic carbocycles. The minimum absolute atomic E-state index is 0.130. The second-order valence-electron chi connectivity index (χ2n) is 4.85. The highest BCUT2D eigenvalue weighted by molar-refractivity contribution is 6.08. The molecule has 1 atom stereocenters. The number of aliphatic hydroxyl groups excluding tert-OH is 1. The summed E-state index contributed by atoms with van der Waals surface area (Å²) in [7, 11) is 1.58. The first-order chi connectivity index (χ1) is 10.1. The van der Waals surface area contributed by atoms with Gasteiger partial charge in [0.25, 0.3) is 5.91 Å². The first-order valence-corrected chi connectivity index (χ1v) is 6.71. The molecule has 6 heteroatoms. The van der Waals surface area contributed by atoms with Crippen LogP contribution in [0.3, 0.4) is 0 Å². The Morgan fingerprint density at radius 3 is 2.86 bits per heavy atom. The van der Waals surface area contributed by atoms with E-state index in [0.29, 0.717) is 25.1 Å². The summed E-state index contributed by atoms with van der Waals surface area (Å²) < 4.78 is 4.99. The maximum atomic E-state index is 12.2. The number of aliphatic hydroxyl groups is 1. The number of hydrogen-bond acceptors (Lipinski definition) is 5. The van der Waals surface area contributed by atoms with Crippen LogP contribution in [0.5, 0.6) is 0 Å². The molecule has 6 nitrogen and oxygen atoms in total. The van der Waals surface area contributed by atoms with Crippen LogP contribution in [0.15, 0.2) is 35.9 Å². The van der Waals surface area contributed by atoms with E-state index in [9.17, 15) is 14.7 Å². The van der Waals surface area contributed by atoms with Crippen LogP contribution in [-0.2, 0) is 14.3 Å². The lowest BCUT2D eigenvalue weighted by Gasteiger charge is -2.26. The summed E-state index contributed by atoms with van der Waals surface area (Å²) in [4.78, 5) is 29.5. The Hall–Kier alpha value is -2.21. The molecular weight excluding hydrogens is 272 g/mol. The van der Waals surface area contributed by atoms with Crippen molar-refractivity contribution in [1.82, 2.24) is 9.88 Å². The Labute approximate surface area is 123 Å². The normalized spacial score (nSPS) is 18.5. The number of aromatic nitrogens is 1. The molecule has 1 aromatic rings. The Balaban J connectivity index is 2.37. The zero-order valence-electron chi connectivity index (χ0n) is 12.1. The molecule has 1 aliphatic heterocycles. The van der Waals surface area contributed by atoms with E-state index in [1.165, 1.54) is 11.8 Å². The third kappa shape index (κ3) is 2.95. The molecule has 0 unspecified atom stereocenters. The second-order valence-corrected chi connectivity index (χ2v) is 4.85. The van der Waals surface area contributed by atoms with Gasteiger partial charge in [0.1, 0.15) is 0 Å². The van der Waals surface area contributed by atoms with Crippen LogP contribution in [0.25, 0.3) is 0 Å². The van der Waals surface area contributed by atoms with Gasteiger partial charge >= 0.3 is 0 Å². The summed E-state index contributed by atoms with van der Waals surface area (Å²) in [6.45, 7) is 2.24. The summed E-state index contributed by atoms with van der Waals surface area (Å²) >= 11 is 0. The number of carbonyl (C=O) groups is 2. The van der Waals surface area contributed by atoms with Gasteiger partial charge in [-0.2, -0.15) is 0 Å². The van der Waals surface area contributed by atoms with Crippen LogP contribution in [0.2, 0.25) is 0 Å². The number of nitrogens with zero attached hydrogens (tertiary/aromatic N) is 2. The van der Waals surface area contributed by atoms with Gasteiger partial charge in [-0.1, -0.05) is 6.07 Å². The van der Waals surface area contributed by atoms with Gasteiger partial charge in [-0.3, -0.25) is 14.6 Å². The first-order valence-electron chi connectivity index (χ1n) is 6.71. The van der Waals surface area contributed by atoms with Gasteiger partial charge < -0.3 is 14.7 Å². The van der Waals surface area contributed by atoms with Crippen molar-refractivity contribution in [2.75, 3.05) is 20.3 Å². The van der Waals surface area contributed by atoms with Crippen molar-refractivity contribution in [3.8, 4) is 0 Å². The van der Waals surface area contributed by atoms with Crippen LogP contribution >= 0.6 is 0 Å². The molecule has 0 bridgehead atoms. The van der Waals surface area contributed by atoms with Crippen LogP contribution < -0.4 is 0 Å². The average molecular weight is 290 g/mol. The zero-order valence-corrected chi connectivity index (χ0v) is 12.1. The van der Waals surface area contributed by atoms with Gasteiger partial charge in [-0.25, -0.2) is 0 Å². The summed E-state index contributed by atoms with van der Waals surface area (Å²) in [5.74, 6) is -1.30. The smallest absolute Gasteiger partial charge is 0.290 e. The molecule has 1 aromatic heterocycles. The second kappa shape index (κ2) is 6.49. The maximum absolute atomic E-state index is 12.2.